The first kappa shape index (κ1) is 26.7. The van der Waals surface area contributed by atoms with Gasteiger partial charge in [0.1, 0.15) is 0 Å². The molecule has 0 aromatic rings. The number of aliphatic hydroxyl groups is 4. The van der Waals surface area contributed by atoms with E-state index in [1.165, 1.54) is 5.57 Å². The third-order valence-electron chi connectivity index (χ3n) is 9.62. The first-order valence-corrected chi connectivity index (χ1v) is 13.4. The zero-order valence-corrected chi connectivity index (χ0v) is 21.4. The highest BCUT2D eigenvalue weighted by atomic mass is 16.3. The number of hydrogen-bond donors (Lipinski definition) is 4. The second-order valence-electron chi connectivity index (χ2n) is 11.8. The molecule has 4 N–H and O–H groups in total. The van der Waals surface area contributed by atoms with Gasteiger partial charge in [-0.05, 0) is 106 Å². The zero-order valence-electron chi connectivity index (χ0n) is 21.4. The topological polar surface area (TPSA) is 80.9 Å². The lowest BCUT2D eigenvalue weighted by atomic mass is 9.59. The molecule has 3 aliphatic carbocycles. The van der Waals surface area contributed by atoms with Gasteiger partial charge in [0.25, 0.3) is 0 Å². The van der Waals surface area contributed by atoms with Crippen molar-refractivity contribution in [2.45, 2.75) is 128 Å². The molecule has 3 aliphatic rings. The largest absolute Gasteiger partial charge is 0.393 e. The third kappa shape index (κ3) is 5.66. The number of fused-ring (bicyclic) bond motifs is 1. The van der Waals surface area contributed by atoms with Gasteiger partial charge in [0, 0.05) is 6.42 Å². The number of hydrogen-bond acceptors (Lipinski definition) is 4. The minimum atomic E-state index is -0.724. The van der Waals surface area contributed by atoms with Gasteiger partial charge in [-0.15, -0.1) is 0 Å². The highest BCUT2D eigenvalue weighted by molar-refractivity contribution is 5.38. The Bertz CT molecular complexity index is 760. The minimum absolute atomic E-state index is 0.0838. The van der Waals surface area contributed by atoms with E-state index in [9.17, 15) is 20.4 Å². The molecule has 0 amide bonds. The predicted molar refractivity (Wildman–Crippen MR) is 135 cm³/mol. The van der Waals surface area contributed by atoms with Crippen LogP contribution >= 0.6 is 0 Å². The van der Waals surface area contributed by atoms with Crippen molar-refractivity contribution in [1.82, 2.24) is 0 Å². The van der Waals surface area contributed by atoms with E-state index in [4.69, 9.17) is 0 Å². The molecule has 0 saturated heterocycles. The van der Waals surface area contributed by atoms with Crippen LogP contribution in [0.5, 0.6) is 0 Å². The van der Waals surface area contributed by atoms with Crippen molar-refractivity contribution >= 4 is 0 Å². The molecule has 4 nitrogen and oxygen atoms in total. The van der Waals surface area contributed by atoms with Crippen LogP contribution in [0.1, 0.15) is 105 Å². The van der Waals surface area contributed by atoms with Crippen LogP contribution in [-0.2, 0) is 0 Å². The SMILES string of the molecule is C=C1/C(=C\C=C2/CCC[C@@]3(C)[C@H]2CC[C@@H]3[C@@](C)(O)CCCC(O)(CC)CC)C[C@@H](O)C[C@@H]1O. The van der Waals surface area contributed by atoms with E-state index in [0.29, 0.717) is 18.8 Å². The Labute approximate surface area is 201 Å². The van der Waals surface area contributed by atoms with E-state index < -0.39 is 23.4 Å². The molecule has 0 heterocycles. The molecule has 3 saturated carbocycles. The molecule has 0 radical (unpaired) electrons. The van der Waals surface area contributed by atoms with Crippen LogP contribution < -0.4 is 0 Å². The Morgan fingerprint density at radius 1 is 1.09 bits per heavy atom. The van der Waals surface area contributed by atoms with Gasteiger partial charge in [-0.3, -0.25) is 0 Å². The average molecular weight is 461 g/mol. The highest BCUT2D eigenvalue weighted by Crippen LogP contribution is 2.60. The van der Waals surface area contributed by atoms with Crippen molar-refractivity contribution in [2.24, 2.45) is 17.3 Å². The molecule has 0 aromatic carbocycles. The van der Waals surface area contributed by atoms with Crippen molar-refractivity contribution in [3.8, 4) is 0 Å². The first-order valence-electron chi connectivity index (χ1n) is 13.4. The smallest absolute Gasteiger partial charge is 0.0811 e. The van der Waals surface area contributed by atoms with Gasteiger partial charge < -0.3 is 20.4 Å². The molecule has 3 rings (SSSR count). The van der Waals surface area contributed by atoms with E-state index in [-0.39, 0.29) is 11.3 Å². The molecule has 0 aromatic heterocycles. The second-order valence-corrected chi connectivity index (χ2v) is 11.8. The summed E-state index contributed by atoms with van der Waals surface area (Å²) in [6, 6.07) is 0. The van der Waals surface area contributed by atoms with Crippen molar-refractivity contribution < 1.29 is 20.4 Å². The van der Waals surface area contributed by atoms with E-state index in [1.54, 1.807) is 0 Å². The van der Waals surface area contributed by atoms with E-state index in [2.05, 4.69) is 25.7 Å². The lowest BCUT2D eigenvalue weighted by Gasteiger charge is -2.47. The predicted octanol–water partition coefficient (Wildman–Crippen LogP) is 5.60. The van der Waals surface area contributed by atoms with E-state index in [0.717, 1.165) is 75.4 Å². The van der Waals surface area contributed by atoms with Gasteiger partial charge in [0.15, 0.2) is 0 Å². The monoisotopic (exact) mass is 460 g/mol. The van der Waals surface area contributed by atoms with E-state index in [1.807, 2.05) is 20.8 Å². The number of aliphatic hydroxyl groups excluding tert-OH is 2. The van der Waals surface area contributed by atoms with Crippen LogP contribution in [0.15, 0.2) is 35.5 Å². The second kappa shape index (κ2) is 10.4. The molecule has 188 valence electrons. The molecule has 0 bridgehead atoms. The zero-order chi connectivity index (χ0) is 24.4. The van der Waals surface area contributed by atoms with Gasteiger partial charge in [-0.2, -0.15) is 0 Å². The Morgan fingerprint density at radius 3 is 2.45 bits per heavy atom. The highest BCUT2D eigenvalue weighted by Gasteiger charge is 2.54. The summed E-state index contributed by atoms with van der Waals surface area (Å²) in [5.74, 6) is 0.727. The number of allylic oxidation sites excluding steroid dienone is 3. The number of rotatable bonds is 8. The quantitative estimate of drug-likeness (QED) is 0.380. The summed E-state index contributed by atoms with van der Waals surface area (Å²) in [6.45, 7) is 12.5. The lowest BCUT2D eigenvalue weighted by Crippen LogP contribution is -2.45. The van der Waals surface area contributed by atoms with Crippen molar-refractivity contribution in [2.75, 3.05) is 0 Å². The van der Waals surface area contributed by atoms with Crippen LogP contribution in [0.2, 0.25) is 0 Å². The summed E-state index contributed by atoms with van der Waals surface area (Å²) in [6.07, 6.45) is 13.4. The van der Waals surface area contributed by atoms with Crippen LogP contribution in [0.3, 0.4) is 0 Å². The Morgan fingerprint density at radius 2 is 1.79 bits per heavy atom. The van der Waals surface area contributed by atoms with Crippen molar-refractivity contribution in [3.05, 3.63) is 35.5 Å². The maximum absolute atomic E-state index is 11.6. The van der Waals surface area contributed by atoms with Gasteiger partial charge in [-0.25, -0.2) is 0 Å². The van der Waals surface area contributed by atoms with Crippen LogP contribution in [0.4, 0.5) is 0 Å². The van der Waals surface area contributed by atoms with Crippen LogP contribution in [0, 0.1) is 17.3 Å². The maximum Gasteiger partial charge on any atom is 0.0811 e. The van der Waals surface area contributed by atoms with Crippen molar-refractivity contribution in [1.29, 1.82) is 0 Å². The molecule has 0 unspecified atom stereocenters. The molecule has 33 heavy (non-hydrogen) atoms. The lowest BCUT2D eigenvalue weighted by molar-refractivity contribution is -0.0697. The summed E-state index contributed by atoms with van der Waals surface area (Å²) in [5, 5.41) is 42.5. The standard InChI is InChI=1S/C29H48O4/c1-6-29(33,7-2)17-9-16-28(5,32)26-14-13-24-21(10-8-15-27(24,26)4)11-12-22-18-23(30)19-25(31)20(22)3/h11-12,23-26,30-33H,3,6-10,13-19H2,1-2,4-5H3/b21-11+,22-12-/t23-,24+,25+,26+,27+,28+/m1/s1. The fourth-order valence-corrected chi connectivity index (χ4v) is 7.28. The molecule has 6 atom stereocenters. The van der Waals surface area contributed by atoms with Crippen LogP contribution in [0.25, 0.3) is 0 Å². The summed E-state index contributed by atoms with van der Waals surface area (Å²) < 4.78 is 0. The Balaban J connectivity index is 1.73. The van der Waals surface area contributed by atoms with Gasteiger partial charge in [0.2, 0.25) is 0 Å². The Hall–Kier alpha value is -0.940. The van der Waals surface area contributed by atoms with Crippen molar-refractivity contribution in [3.63, 3.8) is 0 Å². The summed E-state index contributed by atoms with van der Waals surface area (Å²) in [4.78, 5) is 0. The molecule has 0 spiro atoms. The maximum atomic E-state index is 11.6. The summed E-state index contributed by atoms with van der Waals surface area (Å²) in [7, 11) is 0. The summed E-state index contributed by atoms with van der Waals surface area (Å²) in [5.41, 5.74) is 1.91. The molecule has 3 fully saturated rings. The van der Waals surface area contributed by atoms with Gasteiger partial charge >= 0.3 is 0 Å². The van der Waals surface area contributed by atoms with E-state index >= 15 is 0 Å². The van der Waals surface area contributed by atoms with Gasteiger partial charge in [-0.1, -0.05) is 45.1 Å². The molecular formula is C29H48O4. The normalized spacial score (nSPS) is 37.4. The first-order chi connectivity index (χ1) is 15.5. The average Bonchev–Trinajstić information content (AvgIpc) is 3.13. The van der Waals surface area contributed by atoms with Crippen LogP contribution in [-0.4, -0.2) is 43.8 Å². The minimum Gasteiger partial charge on any atom is -0.393 e. The molecule has 4 heteroatoms. The summed E-state index contributed by atoms with van der Waals surface area (Å²) >= 11 is 0. The third-order valence-corrected chi connectivity index (χ3v) is 9.62. The molecule has 0 aliphatic heterocycles. The Kier molecular flexibility index (Phi) is 8.37. The molecular weight excluding hydrogens is 412 g/mol. The fourth-order valence-electron chi connectivity index (χ4n) is 7.28. The fraction of sp³-hybridized carbons (Fsp3) is 0.793. The van der Waals surface area contributed by atoms with Gasteiger partial charge in [0.05, 0.1) is 23.4 Å².